The molecule has 2 rings (SSSR count). The molecule has 1 saturated heterocycles. The number of hydrogen-bond acceptors (Lipinski definition) is 1. The molecule has 0 amide bonds. The molecule has 0 aromatic heterocycles. The van der Waals surface area contributed by atoms with Crippen LogP contribution < -0.4 is 5.32 Å². The molecule has 58 valence electrons. The summed E-state index contributed by atoms with van der Waals surface area (Å²) in [4.78, 5) is 0. The van der Waals surface area contributed by atoms with Crippen molar-refractivity contribution in [1.29, 1.82) is 0 Å². The van der Waals surface area contributed by atoms with Crippen LogP contribution in [0.4, 0.5) is 4.39 Å². The maximum atomic E-state index is 12.8. The van der Waals surface area contributed by atoms with Crippen LogP contribution in [0.15, 0.2) is 0 Å². The lowest BCUT2D eigenvalue weighted by atomic mass is 9.90. The Morgan fingerprint density at radius 2 is 2.00 bits per heavy atom. The molecule has 2 heteroatoms. The van der Waals surface area contributed by atoms with Crippen molar-refractivity contribution in [3.8, 4) is 0 Å². The molecule has 1 N–H and O–H groups in total. The van der Waals surface area contributed by atoms with Gasteiger partial charge >= 0.3 is 0 Å². The maximum absolute atomic E-state index is 12.8. The van der Waals surface area contributed by atoms with E-state index in [9.17, 15) is 4.39 Å². The fourth-order valence-electron chi connectivity index (χ4n) is 2.32. The minimum absolute atomic E-state index is 0.491. The summed E-state index contributed by atoms with van der Waals surface area (Å²) in [5.74, 6) is 1.36. The first-order chi connectivity index (χ1) is 4.86. The molecular formula is C8H14FN. The van der Waals surface area contributed by atoms with Gasteiger partial charge in [-0.05, 0) is 44.2 Å². The molecule has 0 aromatic rings. The van der Waals surface area contributed by atoms with E-state index in [2.05, 4.69) is 5.32 Å². The molecule has 1 aliphatic heterocycles. The number of nitrogens with one attached hydrogen (secondary N) is 1. The van der Waals surface area contributed by atoms with E-state index in [1.165, 1.54) is 6.42 Å². The van der Waals surface area contributed by atoms with Crippen LogP contribution in [-0.2, 0) is 0 Å². The lowest BCUT2D eigenvalue weighted by molar-refractivity contribution is 0.295. The second-order valence-electron chi connectivity index (χ2n) is 3.58. The molecule has 0 aromatic carbocycles. The molecule has 3 atom stereocenters. The monoisotopic (exact) mass is 143 g/mol. The normalized spacial score (nSPS) is 47.1. The SMILES string of the molecule is FC1CC2CCNCC2C1. The van der Waals surface area contributed by atoms with Crippen molar-refractivity contribution in [2.75, 3.05) is 13.1 Å². The molecule has 1 saturated carbocycles. The van der Waals surface area contributed by atoms with Gasteiger partial charge < -0.3 is 5.32 Å². The van der Waals surface area contributed by atoms with Crippen LogP contribution in [-0.4, -0.2) is 19.3 Å². The molecule has 3 unspecified atom stereocenters. The van der Waals surface area contributed by atoms with Crippen LogP contribution in [0.5, 0.6) is 0 Å². The van der Waals surface area contributed by atoms with E-state index in [1.54, 1.807) is 0 Å². The van der Waals surface area contributed by atoms with E-state index in [0.717, 1.165) is 25.9 Å². The smallest absolute Gasteiger partial charge is 0.101 e. The van der Waals surface area contributed by atoms with Gasteiger partial charge in [-0.3, -0.25) is 0 Å². The van der Waals surface area contributed by atoms with Crippen molar-refractivity contribution in [3.63, 3.8) is 0 Å². The van der Waals surface area contributed by atoms with Crippen molar-refractivity contribution >= 4 is 0 Å². The highest BCUT2D eigenvalue weighted by Gasteiger charge is 2.35. The van der Waals surface area contributed by atoms with Crippen molar-refractivity contribution in [2.45, 2.75) is 25.4 Å². The second-order valence-corrected chi connectivity index (χ2v) is 3.58. The van der Waals surface area contributed by atoms with Crippen molar-refractivity contribution in [3.05, 3.63) is 0 Å². The van der Waals surface area contributed by atoms with Crippen LogP contribution in [0.25, 0.3) is 0 Å². The molecule has 0 radical (unpaired) electrons. The van der Waals surface area contributed by atoms with E-state index in [0.29, 0.717) is 11.8 Å². The number of hydrogen-bond donors (Lipinski definition) is 1. The summed E-state index contributed by atoms with van der Waals surface area (Å²) in [6.45, 7) is 2.17. The number of alkyl halides is 1. The maximum Gasteiger partial charge on any atom is 0.101 e. The number of rotatable bonds is 0. The first-order valence-corrected chi connectivity index (χ1v) is 4.21. The Morgan fingerprint density at radius 1 is 1.20 bits per heavy atom. The van der Waals surface area contributed by atoms with Gasteiger partial charge in [0.05, 0.1) is 0 Å². The third kappa shape index (κ3) is 1.05. The zero-order valence-corrected chi connectivity index (χ0v) is 6.15. The van der Waals surface area contributed by atoms with Crippen LogP contribution in [0, 0.1) is 11.8 Å². The van der Waals surface area contributed by atoms with Crippen molar-refractivity contribution in [2.24, 2.45) is 11.8 Å². The summed E-state index contributed by atoms with van der Waals surface area (Å²) in [6.07, 6.45) is 2.37. The third-order valence-electron chi connectivity index (χ3n) is 2.88. The zero-order chi connectivity index (χ0) is 6.97. The minimum atomic E-state index is -0.491. The summed E-state index contributed by atoms with van der Waals surface area (Å²) in [5.41, 5.74) is 0. The second kappa shape index (κ2) is 2.50. The average Bonchev–Trinajstić information content (AvgIpc) is 2.27. The molecule has 0 spiro atoms. The Bertz CT molecular complexity index is 112. The first kappa shape index (κ1) is 6.59. The first-order valence-electron chi connectivity index (χ1n) is 4.21. The lowest BCUT2D eigenvalue weighted by Gasteiger charge is -2.25. The molecule has 2 aliphatic rings. The summed E-state index contributed by atoms with van der Waals surface area (Å²) in [5, 5.41) is 3.31. The van der Waals surface area contributed by atoms with Crippen LogP contribution in [0.2, 0.25) is 0 Å². The predicted molar refractivity (Wildman–Crippen MR) is 38.6 cm³/mol. The lowest BCUT2D eigenvalue weighted by Crippen LogP contribution is -2.33. The summed E-state index contributed by atoms with van der Waals surface area (Å²) >= 11 is 0. The number of fused-ring (bicyclic) bond motifs is 1. The largest absolute Gasteiger partial charge is 0.316 e. The van der Waals surface area contributed by atoms with Gasteiger partial charge in [0.15, 0.2) is 0 Å². The predicted octanol–water partition coefficient (Wildman–Crippen LogP) is 1.34. The summed E-state index contributed by atoms with van der Waals surface area (Å²) in [6, 6.07) is 0. The summed E-state index contributed by atoms with van der Waals surface area (Å²) in [7, 11) is 0. The molecule has 1 aliphatic carbocycles. The van der Waals surface area contributed by atoms with E-state index in [1.807, 2.05) is 0 Å². The Morgan fingerprint density at radius 3 is 2.80 bits per heavy atom. The molecule has 2 fully saturated rings. The van der Waals surface area contributed by atoms with Crippen LogP contribution in [0.1, 0.15) is 19.3 Å². The number of piperidine rings is 1. The van der Waals surface area contributed by atoms with E-state index in [4.69, 9.17) is 0 Å². The van der Waals surface area contributed by atoms with Crippen molar-refractivity contribution < 1.29 is 4.39 Å². The van der Waals surface area contributed by atoms with Gasteiger partial charge in [-0.2, -0.15) is 0 Å². The quantitative estimate of drug-likeness (QED) is 0.539. The molecule has 10 heavy (non-hydrogen) atoms. The third-order valence-corrected chi connectivity index (χ3v) is 2.88. The Balaban J connectivity index is 1.97. The fraction of sp³-hybridized carbons (Fsp3) is 1.00. The van der Waals surface area contributed by atoms with Gasteiger partial charge in [-0.1, -0.05) is 0 Å². The van der Waals surface area contributed by atoms with Crippen molar-refractivity contribution in [1.82, 2.24) is 5.32 Å². The number of halogens is 1. The molecule has 1 heterocycles. The Hall–Kier alpha value is -0.110. The average molecular weight is 143 g/mol. The van der Waals surface area contributed by atoms with Gasteiger partial charge in [0.25, 0.3) is 0 Å². The molecule has 0 bridgehead atoms. The highest BCUT2D eigenvalue weighted by atomic mass is 19.1. The van der Waals surface area contributed by atoms with Gasteiger partial charge in [-0.15, -0.1) is 0 Å². The highest BCUT2D eigenvalue weighted by molar-refractivity contribution is 4.87. The summed E-state index contributed by atoms with van der Waals surface area (Å²) < 4.78 is 12.8. The fourth-order valence-corrected chi connectivity index (χ4v) is 2.32. The highest BCUT2D eigenvalue weighted by Crippen LogP contribution is 2.37. The van der Waals surface area contributed by atoms with E-state index >= 15 is 0 Å². The Labute approximate surface area is 61.0 Å². The topological polar surface area (TPSA) is 12.0 Å². The molecule has 1 nitrogen and oxygen atoms in total. The van der Waals surface area contributed by atoms with E-state index in [-0.39, 0.29) is 0 Å². The van der Waals surface area contributed by atoms with Crippen LogP contribution in [0.3, 0.4) is 0 Å². The van der Waals surface area contributed by atoms with Gasteiger partial charge in [0, 0.05) is 0 Å². The standard InChI is InChI=1S/C8H14FN/c9-8-3-6-1-2-10-5-7(6)4-8/h6-8,10H,1-5H2. The minimum Gasteiger partial charge on any atom is -0.316 e. The van der Waals surface area contributed by atoms with Crippen LogP contribution >= 0.6 is 0 Å². The van der Waals surface area contributed by atoms with Gasteiger partial charge in [0.2, 0.25) is 0 Å². The van der Waals surface area contributed by atoms with Gasteiger partial charge in [0.1, 0.15) is 6.17 Å². The van der Waals surface area contributed by atoms with Gasteiger partial charge in [-0.25, -0.2) is 4.39 Å². The molecular weight excluding hydrogens is 129 g/mol. The Kier molecular flexibility index (Phi) is 1.65. The van der Waals surface area contributed by atoms with E-state index < -0.39 is 6.17 Å². The zero-order valence-electron chi connectivity index (χ0n) is 6.15.